The first-order chi connectivity index (χ1) is 11.5. The second-order valence-corrected chi connectivity index (χ2v) is 5.72. The van der Waals surface area contributed by atoms with Gasteiger partial charge in [0.05, 0.1) is 19.4 Å². The lowest BCUT2D eigenvalue weighted by atomic mass is 10.2. The molecule has 0 fully saturated rings. The van der Waals surface area contributed by atoms with Gasteiger partial charge in [0.2, 0.25) is 0 Å². The standard InChI is InChI=1S/C18H19ClN2O3/c1-12(2)24-16-9-4-13(10-17(16)23-3)11-20-21-18(22)14-5-7-15(19)8-6-14/h4-12H,1-3H3,(H,21,22)/b20-11+. The molecule has 2 rings (SSSR count). The van der Waals surface area contributed by atoms with Gasteiger partial charge in [-0.25, -0.2) is 5.43 Å². The third kappa shape index (κ3) is 4.99. The Morgan fingerprint density at radius 1 is 1.17 bits per heavy atom. The van der Waals surface area contributed by atoms with Gasteiger partial charge in [-0.2, -0.15) is 5.10 Å². The van der Waals surface area contributed by atoms with E-state index < -0.39 is 0 Å². The van der Waals surface area contributed by atoms with Gasteiger partial charge in [-0.3, -0.25) is 4.79 Å². The monoisotopic (exact) mass is 346 g/mol. The molecule has 0 aliphatic heterocycles. The summed E-state index contributed by atoms with van der Waals surface area (Å²) in [6.07, 6.45) is 1.59. The SMILES string of the molecule is COc1cc(/C=N/NC(=O)c2ccc(Cl)cc2)ccc1OC(C)C. The summed E-state index contributed by atoms with van der Waals surface area (Å²) in [5.41, 5.74) is 3.73. The highest BCUT2D eigenvalue weighted by Crippen LogP contribution is 2.28. The van der Waals surface area contributed by atoms with Crippen LogP contribution in [0.15, 0.2) is 47.6 Å². The fourth-order valence-electron chi connectivity index (χ4n) is 1.95. The number of hydrogen-bond donors (Lipinski definition) is 1. The number of amides is 1. The number of nitrogens with one attached hydrogen (secondary N) is 1. The van der Waals surface area contributed by atoms with Crippen LogP contribution in [0.2, 0.25) is 5.02 Å². The molecule has 0 saturated heterocycles. The molecule has 0 bridgehead atoms. The molecule has 5 nitrogen and oxygen atoms in total. The summed E-state index contributed by atoms with van der Waals surface area (Å²) in [6, 6.07) is 12.0. The third-order valence-electron chi connectivity index (χ3n) is 3.04. The fraction of sp³-hybridized carbons (Fsp3) is 0.222. The second kappa shape index (κ2) is 8.36. The van der Waals surface area contributed by atoms with Crippen LogP contribution in [0.4, 0.5) is 0 Å². The topological polar surface area (TPSA) is 59.9 Å². The average Bonchev–Trinajstić information content (AvgIpc) is 2.56. The van der Waals surface area contributed by atoms with E-state index >= 15 is 0 Å². The molecule has 6 heteroatoms. The van der Waals surface area contributed by atoms with Crippen LogP contribution in [-0.4, -0.2) is 25.3 Å². The summed E-state index contributed by atoms with van der Waals surface area (Å²) in [4.78, 5) is 11.9. The molecular weight excluding hydrogens is 328 g/mol. The predicted molar refractivity (Wildman–Crippen MR) is 95.3 cm³/mol. The van der Waals surface area contributed by atoms with Crippen molar-refractivity contribution in [2.24, 2.45) is 5.10 Å². The van der Waals surface area contributed by atoms with E-state index in [2.05, 4.69) is 10.5 Å². The highest BCUT2D eigenvalue weighted by atomic mass is 35.5. The minimum absolute atomic E-state index is 0.0529. The Labute approximate surface area is 146 Å². The van der Waals surface area contributed by atoms with Crippen molar-refractivity contribution in [1.82, 2.24) is 5.43 Å². The van der Waals surface area contributed by atoms with Crippen molar-refractivity contribution >= 4 is 23.7 Å². The van der Waals surface area contributed by atoms with E-state index in [9.17, 15) is 4.79 Å². The number of benzene rings is 2. The molecule has 2 aromatic rings. The lowest BCUT2D eigenvalue weighted by molar-refractivity contribution is 0.0955. The highest BCUT2D eigenvalue weighted by Gasteiger charge is 2.07. The smallest absolute Gasteiger partial charge is 0.271 e. The number of nitrogens with zero attached hydrogens (tertiary/aromatic N) is 1. The zero-order chi connectivity index (χ0) is 17.5. The molecule has 0 aromatic heterocycles. The molecule has 0 heterocycles. The quantitative estimate of drug-likeness (QED) is 0.637. The fourth-order valence-corrected chi connectivity index (χ4v) is 2.07. The number of rotatable bonds is 6. The van der Waals surface area contributed by atoms with E-state index in [0.29, 0.717) is 22.1 Å². The average molecular weight is 347 g/mol. The molecule has 1 N–H and O–H groups in total. The number of halogens is 1. The first-order valence-corrected chi connectivity index (χ1v) is 7.81. The van der Waals surface area contributed by atoms with Gasteiger partial charge in [-0.15, -0.1) is 0 Å². The first-order valence-electron chi connectivity index (χ1n) is 7.43. The van der Waals surface area contributed by atoms with E-state index in [1.54, 1.807) is 43.5 Å². The molecule has 0 aliphatic carbocycles. The maximum Gasteiger partial charge on any atom is 0.271 e. The van der Waals surface area contributed by atoms with Crippen LogP contribution in [0.3, 0.4) is 0 Å². The first kappa shape index (κ1) is 17.8. The molecule has 0 unspecified atom stereocenters. The van der Waals surface area contributed by atoms with E-state index in [0.717, 1.165) is 5.56 Å². The van der Waals surface area contributed by atoms with E-state index in [-0.39, 0.29) is 12.0 Å². The predicted octanol–water partition coefficient (Wildman–Crippen LogP) is 3.90. The van der Waals surface area contributed by atoms with Gasteiger partial charge in [0.15, 0.2) is 11.5 Å². The largest absolute Gasteiger partial charge is 0.493 e. The molecule has 2 aromatic carbocycles. The zero-order valence-electron chi connectivity index (χ0n) is 13.7. The molecular formula is C18H19ClN2O3. The second-order valence-electron chi connectivity index (χ2n) is 5.28. The molecule has 0 spiro atoms. The third-order valence-corrected chi connectivity index (χ3v) is 3.29. The van der Waals surface area contributed by atoms with Crippen LogP contribution in [0.1, 0.15) is 29.8 Å². The van der Waals surface area contributed by atoms with Gasteiger partial charge >= 0.3 is 0 Å². The van der Waals surface area contributed by atoms with Crippen molar-refractivity contribution in [1.29, 1.82) is 0 Å². The van der Waals surface area contributed by atoms with Gasteiger partial charge < -0.3 is 9.47 Å². The summed E-state index contributed by atoms with van der Waals surface area (Å²) in [5, 5.41) is 4.53. The minimum Gasteiger partial charge on any atom is -0.493 e. The number of carbonyl (C=O) groups is 1. The Morgan fingerprint density at radius 2 is 1.88 bits per heavy atom. The van der Waals surface area contributed by atoms with Crippen molar-refractivity contribution in [2.75, 3.05) is 7.11 Å². The summed E-state index contributed by atoms with van der Waals surface area (Å²) in [7, 11) is 1.58. The molecule has 0 saturated carbocycles. The number of hydrazone groups is 1. The van der Waals surface area contributed by atoms with Crippen LogP contribution in [0, 0.1) is 0 Å². The zero-order valence-corrected chi connectivity index (χ0v) is 14.5. The molecule has 0 radical (unpaired) electrons. The molecule has 0 atom stereocenters. The molecule has 1 amide bonds. The van der Waals surface area contributed by atoms with E-state index in [1.807, 2.05) is 19.9 Å². The lowest BCUT2D eigenvalue weighted by Gasteiger charge is -2.13. The van der Waals surface area contributed by atoms with Gasteiger partial charge in [-0.1, -0.05) is 11.6 Å². The molecule has 0 aliphatic rings. The Bertz CT molecular complexity index is 728. The number of ether oxygens (including phenoxy) is 2. The van der Waals surface area contributed by atoms with E-state index in [4.69, 9.17) is 21.1 Å². The van der Waals surface area contributed by atoms with E-state index in [1.165, 1.54) is 6.21 Å². The van der Waals surface area contributed by atoms with Crippen LogP contribution in [0.5, 0.6) is 11.5 Å². The van der Waals surface area contributed by atoms with Gasteiger partial charge in [0.25, 0.3) is 5.91 Å². The van der Waals surface area contributed by atoms with Crippen LogP contribution >= 0.6 is 11.6 Å². The Balaban J connectivity index is 2.03. The maximum atomic E-state index is 11.9. The highest BCUT2D eigenvalue weighted by molar-refractivity contribution is 6.30. The van der Waals surface area contributed by atoms with Crippen molar-refractivity contribution in [2.45, 2.75) is 20.0 Å². The van der Waals surface area contributed by atoms with Crippen molar-refractivity contribution in [3.8, 4) is 11.5 Å². The number of carbonyl (C=O) groups excluding carboxylic acids is 1. The van der Waals surface area contributed by atoms with Gasteiger partial charge in [-0.05, 0) is 61.9 Å². The van der Waals surface area contributed by atoms with Crippen molar-refractivity contribution in [3.63, 3.8) is 0 Å². The summed E-state index contributed by atoms with van der Waals surface area (Å²) in [6.45, 7) is 3.89. The Morgan fingerprint density at radius 3 is 2.50 bits per heavy atom. The number of methoxy groups -OCH3 is 1. The molecule has 24 heavy (non-hydrogen) atoms. The maximum absolute atomic E-state index is 11.9. The molecule has 126 valence electrons. The lowest BCUT2D eigenvalue weighted by Crippen LogP contribution is -2.17. The van der Waals surface area contributed by atoms with Crippen molar-refractivity contribution in [3.05, 3.63) is 58.6 Å². The summed E-state index contributed by atoms with van der Waals surface area (Å²) in [5.74, 6) is 0.959. The minimum atomic E-state index is -0.311. The normalized spacial score (nSPS) is 10.9. The summed E-state index contributed by atoms with van der Waals surface area (Å²) < 4.78 is 11.0. The Hall–Kier alpha value is -2.53. The van der Waals surface area contributed by atoms with Gasteiger partial charge in [0, 0.05) is 10.6 Å². The van der Waals surface area contributed by atoms with Gasteiger partial charge in [0.1, 0.15) is 0 Å². The van der Waals surface area contributed by atoms with Crippen LogP contribution in [-0.2, 0) is 0 Å². The number of hydrogen-bond acceptors (Lipinski definition) is 4. The van der Waals surface area contributed by atoms with Crippen molar-refractivity contribution < 1.29 is 14.3 Å². The Kier molecular flexibility index (Phi) is 6.21. The van der Waals surface area contributed by atoms with Crippen LogP contribution < -0.4 is 14.9 Å². The van der Waals surface area contributed by atoms with Crippen LogP contribution in [0.25, 0.3) is 0 Å². The summed E-state index contributed by atoms with van der Waals surface area (Å²) >= 11 is 5.79.